The van der Waals surface area contributed by atoms with Crippen LogP contribution >= 0.6 is 11.6 Å². The maximum absolute atomic E-state index is 12.2. The maximum atomic E-state index is 12.2. The zero-order valence-corrected chi connectivity index (χ0v) is 13.9. The summed E-state index contributed by atoms with van der Waals surface area (Å²) in [6.07, 6.45) is 6.04. The highest BCUT2D eigenvalue weighted by atomic mass is 35.5. The van der Waals surface area contributed by atoms with Crippen LogP contribution in [0.15, 0.2) is 60.9 Å². The molecule has 3 heterocycles. The highest BCUT2D eigenvalue weighted by Gasteiger charge is 2.19. The van der Waals surface area contributed by atoms with Crippen LogP contribution in [0.3, 0.4) is 0 Å². The number of halogens is 1. The Morgan fingerprint density at radius 2 is 2.04 bits per heavy atom. The van der Waals surface area contributed by atoms with Crippen molar-refractivity contribution in [3.05, 3.63) is 88.6 Å². The van der Waals surface area contributed by atoms with Crippen molar-refractivity contribution in [1.82, 2.24) is 15.0 Å². The number of allylic oxidation sites excluding steroid dienone is 1. The Morgan fingerprint density at radius 1 is 1.12 bits per heavy atom. The van der Waals surface area contributed by atoms with E-state index >= 15 is 0 Å². The molecule has 4 rings (SSSR count). The molecule has 6 heteroatoms. The van der Waals surface area contributed by atoms with Crippen molar-refractivity contribution < 1.29 is 4.79 Å². The van der Waals surface area contributed by atoms with Crippen molar-refractivity contribution >= 4 is 28.9 Å². The van der Waals surface area contributed by atoms with Crippen molar-refractivity contribution in [2.45, 2.75) is 6.42 Å². The average Bonchev–Trinajstić information content (AvgIpc) is 3.05. The molecule has 0 spiro atoms. The van der Waals surface area contributed by atoms with Crippen molar-refractivity contribution in [2.24, 2.45) is 0 Å². The van der Waals surface area contributed by atoms with Gasteiger partial charge in [0.1, 0.15) is 11.5 Å². The van der Waals surface area contributed by atoms with Gasteiger partial charge in [0.15, 0.2) is 0 Å². The van der Waals surface area contributed by atoms with Crippen LogP contribution in [0, 0.1) is 0 Å². The molecular formula is C19H13ClN4O. The lowest BCUT2D eigenvalue weighted by atomic mass is 10.1. The second-order valence-electron chi connectivity index (χ2n) is 5.55. The molecule has 1 aliphatic rings. The zero-order valence-electron chi connectivity index (χ0n) is 13.1. The number of pyridine rings is 3. The fourth-order valence-electron chi connectivity index (χ4n) is 2.75. The smallest absolute Gasteiger partial charge is 0.275 e. The Hall–Kier alpha value is -3.05. The molecule has 0 atom stereocenters. The number of carbonyl (C=O) groups is 1. The third-order valence-corrected chi connectivity index (χ3v) is 4.10. The molecule has 122 valence electrons. The first kappa shape index (κ1) is 15.5. The van der Waals surface area contributed by atoms with E-state index in [0.29, 0.717) is 16.5 Å². The number of amides is 1. The fourth-order valence-corrected chi connectivity index (χ4v) is 2.90. The van der Waals surface area contributed by atoms with Gasteiger partial charge >= 0.3 is 0 Å². The van der Waals surface area contributed by atoms with Crippen LogP contribution in [-0.4, -0.2) is 20.9 Å². The molecule has 1 aliphatic carbocycles. The summed E-state index contributed by atoms with van der Waals surface area (Å²) in [5.74, 6) is 0.174. The molecule has 1 N–H and O–H groups in total. The molecule has 1 amide bonds. The van der Waals surface area contributed by atoms with Gasteiger partial charge in [-0.15, -0.1) is 0 Å². The number of nitrogens with one attached hydrogen (secondary N) is 1. The van der Waals surface area contributed by atoms with Crippen molar-refractivity contribution in [3.63, 3.8) is 0 Å². The molecule has 3 aromatic rings. The number of nitrogens with zero attached hydrogens (tertiary/aromatic N) is 3. The normalized spacial score (nSPS) is 12.4. The minimum absolute atomic E-state index is 0.296. The van der Waals surface area contributed by atoms with E-state index in [9.17, 15) is 4.79 Å². The molecule has 0 saturated heterocycles. The lowest BCUT2D eigenvalue weighted by Crippen LogP contribution is -2.14. The first-order valence-corrected chi connectivity index (χ1v) is 8.13. The monoisotopic (exact) mass is 348 g/mol. The number of carbonyl (C=O) groups excluding carboxylic acids is 1. The van der Waals surface area contributed by atoms with E-state index in [0.717, 1.165) is 28.9 Å². The van der Waals surface area contributed by atoms with Gasteiger partial charge in [0, 0.05) is 30.0 Å². The summed E-state index contributed by atoms with van der Waals surface area (Å²) >= 11 is 6.07. The number of hydrogen-bond acceptors (Lipinski definition) is 4. The summed E-state index contributed by atoms with van der Waals surface area (Å²) in [6, 6.07) is 12.6. The van der Waals surface area contributed by atoms with Gasteiger partial charge in [0.25, 0.3) is 5.91 Å². The predicted molar refractivity (Wildman–Crippen MR) is 96.5 cm³/mol. The lowest BCUT2D eigenvalue weighted by molar-refractivity contribution is 0.102. The first-order valence-electron chi connectivity index (χ1n) is 7.75. The number of fused-ring (bicyclic) bond motifs is 1. The van der Waals surface area contributed by atoms with Crippen LogP contribution in [0.5, 0.6) is 0 Å². The van der Waals surface area contributed by atoms with Crippen molar-refractivity contribution in [2.75, 3.05) is 5.32 Å². The summed E-state index contributed by atoms with van der Waals surface area (Å²) in [4.78, 5) is 25.2. The van der Waals surface area contributed by atoms with Crippen LogP contribution in [-0.2, 0) is 6.42 Å². The van der Waals surface area contributed by atoms with Crippen LogP contribution in [0.2, 0.25) is 5.02 Å². The van der Waals surface area contributed by atoms with E-state index in [1.165, 1.54) is 0 Å². The molecule has 0 bridgehead atoms. The second-order valence-corrected chi connectivity index (χ2v) is 5.98. The molecule has 3 aromatic heterocycles. The predicted octanol–water partition coefficient (Wildman–Crippen LogP) is 3.77. The van der Waals surface area contributed by atoms with Gasteiger partial charge in [-0.05, 0) is 30.3 Å². The van der Waals surface area contributed by atoms with Crippen molar-refractivity contribution in [1.29, 1.82) is 0 Å². The first-order chi connectivity index (χ1) is 12.2. The summed E-state index contributed by atoms with van der Waals surface area (Å²) < 4.78 is 0. The van der Waals surface area contributed by atoms with Gasteiger partial charge < -0.3 is 5.32 Å². The van der Waals surface area contributed by atoms with Gasteiger partial charge in [-0.3, -0.25) is 14.8 Å². The molecule has 0 saturated carbocycles. The van der Waals surface area contributed by atoms with Crippen LogP contribution in [0.4, 0.5) is 5.82 Å². The van der Waals surface area contributed by atoms with Gasteiger partial charge in [0.2, 0.25) is 0 Å². The molecular weight excluding hydrogens is 336 g/mol. The number of anilines is 1. The van der Waals surface area contributed by atoms with Crippen molar-refractivity contribution in [3.8, 4) is 0 Å². The highest BCUT2D eigenvalue weighted by molar-refractivity contribution is 6.30. The number of rotatable bonds is 3. The second kappa shape index (κ2) is 6.45. The summed E-state index contributed by atoms with van der Waals surface area (Å²) in [5.41, 5.74) is 4.04. The highest BCUT2D eigenvalue weighted by Crippen LogP contribution is 2.32. The molecule has 0 aliphatic heterocycles. The van der Waals surface area contributed by atoms with E-state index in [1.54, 1.807) is 36.7 Å². The molecule has 0 unspecified atom stereocenters. The largest absolute Gasteiger partial charge is 0.305 e. The Labute approximate surface area is 149 Å². The summed E-state index contributed by atoms with van der Waals surface area (Å²) in [7, 11) is 0. The summed E-state index contributed by atoms with van der Waals surface area (Å²) in [5, 5.41) is 3.36. The fraction of sp³-hybridized carbons (Fsp3) is 0.0526. The number of hydrogen-bond donors (Lipinski definition) is 1. The van der Waals surface area contributed by atoms with E-state index in [2.05, 4.69) is 26.3 Å². The quantitative estimate of drug-likeness (QED) is 0.782. The Balaban J connectivity index is 1.61. The average molecular weight is 349 g/mol. The van der Waals surface area contributed by atoms with E-state index in [1.807, 2.05) is 18.2 Å². The summed E-state index contributed by atoms with van der Waals surface area (Å²) in [6.45, 7) is 0. The molecule has 5 nitrogen and oxygen atoms in total. The molecule has 0 radical (unpaired) electrons. The topological polar surface area (TPSA) is 67.8 Å². The third kappa shape index (κ3) is 3.14. The van der Waals surface area contributed by atoms with Gasteiger partial charge in [-0.1, -0.05) is 29.8 Å². The van der Waals surface area contributed by atoms with E-state index < -0.39 is 0 Å². The molecule has 0 fully saturated rings. The minimum atomic E-state index is -0.296. The maximum Gasteiger partial charge on any atom is 0.275 e. The standard InChI is InChI=1S/C19H13ClN4O/c20-12-10-14-13(7-8-15(14)22-11-12)16-5-3-6-18(23-16)24-19(25)17-4-1-2-9-21-17/h1-7,9-11H,8H2,(H,23,24,25). The van der Waals surface area contributed by atoms with Gasteiger partial charge in [-0.25, -0.2) is 4.98 Å². The van der Waals surface area contributed by atoms with Crippen LogP contribution < -0.4 is 5.32 Å². The minimum Gasteiger partial charge on any atom is -0.305 e. The van der Waals surface area contributed by atoms with Crippen LogP contribution in [0.1, 0.15) is 27.4 Å². The van der Waals surface area contributed by atoms with Crippen LogP contribution in [0.25, 0.3) is 5.57 Å². The Kier molecular flexibility index (Phi) is 3.99. The molecule has 25 heavy (non-hydrogen) atoms. The van der Waals surface area contributed by atoms with E-state index in [4.69, 9.17) is 11.6 Å². The zero-order chi connectivity index (χ0) is 17.2. The molecule has 0 aromatic carbocycles. The van der Waals surface area contributed by atoms with E-state index in [-0.39, 0.29) is 5.91 Å². The van der Waals surface area contributed by atoms with Gasteiger partial charge in [-0.2, -0.15) is 0 Å². The SMILES string of the molecule is O=C(Nc1cccc(C2=CCc3ncc(Cl)cc32)n1)c1ccccn1. The third-order valence-electron chi connectivity index (χ3n) is 3.89. The lowest BCUT2D eigenvalue weighted by Gasteiger charge is -2.08. The Morgan fingerprint density at radius 3 is 2.88 bits per heavy atom. The van der Waals surface area contributed by atoms with Gasteiger partial charge in [0.05, 0.1) is 16.4 Å². The number of aromatic nitrogens is 3. The Bertz CT molecular complexity index is 986.